The zero-order valence-corrected chi connectivity index (χ0v) is 6.17. The summed E-state index contributed by atoms with van der Waals surface area (Å²) in [6, 6.07) is 4.20. The first-order valence-electron chi connectivity index (χ1n) is 3.51. The highest BCUT2D eigenvalue weighted by atomic mass is 15.3. The SMILES string of the molecule is N#CC[C@]1(NN)C[C@H](C#N)C1. The number of hydrazine groups is 1. The Morgan fingerprint density at radius 2 is 2.18 bits per heavy atom. The predicted octanol–water partition coefficient (Wildman–Crippen LogP) is 0.0358. The Bertz CT molecular complexity index is 216. The van der Waals surface area contributed by atoms with E-state index in [9.17, 15) is 0 Å². The van der Waals surface area contributed by atoms with E-state index in [2.05, 4.69) is 17.6 Å². The molecule has 0 heterocycles. The van der Waals surface area contributed by atoms with Gasteiger partial charge >= 0.3 is 0 Å². The molecule has 4 nitrogen and oxygen atoms in total. The van der Waals surface area contributed by atoms with Crippen molar-refractivity contribution in [3.8, 4) is 12.1 Å². The van der Waals surface area contributed by atoms with Crippen molar-refractivity contribution in [2.45, 2.75) is 24.8 Å². The van der Waals surface area contributed by atoms with Crippen LogP contribution in [0.5, 0.6) is 0 Å². The molecule has 1 fully saturated rings. The van der Waals surface area contributed by atoms with Crippen LogP contribution in [0.4, 0.5) is 0 Å². The highest BCUT2D eigenvalue weighted by Gasteiger charge is 2.43. The third-order valence-corrected chi connectivity index (χ3v) is 2.18. The van der Waals surface area contributed by atoms with Crippen molar-refractivity contribution in [2.75, 3.05) is 0 Å². The van der Waals surface area contributed by atoms with Crippen molar-refractivity contribution in [1.29, 1.82) is 10.5 Å². The monoisotopic (exact) mass is 150 g/mol. The Hall–Kier alpha value is -1.10. The molecule has 1 aliphatic rings. The quantitative estimate of drug-likeness (QED) is 0.429. The third-order valence-electron chi connectivity index (χ3n) is 2.18. The highest BCUT2D eigenvalue weighted by molar-refractivity contribution is 5.10. The van der Waals surface area contributed by atoms with Gasteiger partial charge in [-0.2, -0.15) is 10.5 Å². The second-order valence-corrected chi connectivity index (χ2v) is 2.99. The summed E-state index contributed by atoms with van der Waals surface area (Å²) in [7, 11) is 0. The summed E-state index contributed by atoms with van der Waals surface area (Å²) in [6.45, 7) is 0. The number of hydrogen-bond acceptors (Lipinski definition) is 4. The van der Waals surface area contributed by atoms with Crippen molar-refractivity contribution < 1.29 is 0 Å². The van der Waals surface area contributed by atoms with Gasteiger partial charge in [-0.25, -0.2) is 0 Å². The van der Waals surface area contributed by atoms with Crippen LogP contribution in [0.25, 0.3) is 0 Å². The fourth-order valence-corrected chi connectivity index (χ4v) is 1.44. The lowest BCUT2D eigenvalue weighted by molar-refractivity contribution is 0.144. The van der Waals surface area contributed by atoms with E-state index in [-0.39, 0.29) is 11.5 Å². The Kier molecular flexibility index (Phi) is 2.09. The van der Waals surface area contributed by atoms with Crippen LogP contribution in [-0.4, -0.2) is 5.54 Å². The number of nitrogens with one attached hydrogen (secondary N) is 1. The van der Waals surface area contributed by atoms with Crippen molar-refractivity contribution in [2.24, 2.45) is 11.8 Å². The molecule has 0 aliphatic heterocycles. The van der Waals surface area contributed by atoms with Gasteiger partial charge in [0.2, 0.25) is 0 Å². The van der Waals surface area contributed by atoms with E-state index in [0.29, 0.717) is 19.3 Å². The first kappa shape index (κ1) is 8.00. The topological polar surface area (TPSA) is 85.6 Å². The minimum atomic E-state index is -0.269. The molecule has 0 aromatic carbocycles. The molecule has 58 valence electrons. The second kappa shape index (κ2) is 2.87. The molecule has 0 aromatic rings. The minimum absolute atomic E-state index is 0.0828. The number of hydrogen-bond donors (Lipinski definition) is 2. The molecular weight excluding hydrogens is 140 g/mol. The van der Waals surface area contributed by atoms with Gasteiger partial charge in [-0.05, 0) is 12.8 Å². The van der Waals surface area contributed by atoms with Crippen LogP contribution in [-0.2, 0) is 0 Å². The standard InChI is InChI=1S/C7H10N4/c8-2-1-7(11-10)3-6(4-7)5-9/h6,11H,1,3-4,10H2/t6-,7-. The smallest absolute Gasteiger partial charge is 0.0657 e. The summed E-state index contributed by atoms with van der Waals surface area (Å²) >= 11 is 0. The summed E-state index contributed by atoms with van der Waals surface area (Å²) in [5.74, 6) is 5.34. The number of nitrogens with two attached hydrogens (primary N) is 1. The number of rotatable bonds is 2. The van der Waals surface area contributed by atoms with Gasteiger partial charge in [-0.1, -0.05) is 0 Å². The van der Waals surface area contributed by atoms with E-state index in [0.717, 1.165) is 0 Å². The molecule has 1 aliphatic carbocycles. The maximum atomic E-state index is 8.48. The number of nitrogens with zero attached hydrogens (tertiary/aromatic N) is 2. The van der Waals surface area contributed by atoms with E-state index >= 15 is 0 Å². The molecule has 3 N–H and O–H groups in total. The van der Waals surface area contributed by atoms with Gasteiger partial charge in [0.05, 0.1) is 18.6 Å². The predicted molar refractivity (Wildman–Crippen MR) is 38.6 cm³/mol. The summed E-state index contributed by atoms with van der Waals surface area (Å²) in [4.78, 5) is 0. The average Bonchev–Trinajstić information content (AvgIpc) is 1.96. The van der Waals surface area contributed by atoms with E-state index in [1.807, 2.05) is 0 Å². The van der Waals surface area contributed by atoms with Gasteiger partial charge in [-0.15, -0.1) is 0 Å². The molecule has 1 rings (SSSR count). The van der Waals surface area contributed by atoms with Crippen molar-refractivity contribution in [1.82, 2.24) is 5.43 Å². The van der Waals surface area contributed by atoms with Crippen LogP contribution in [0.1, 0.15) is 19.3 Å². The Balaban J connectivity index is 2.46. The maximum absolute atomic E-state index is 8.48. The Labute approximate surface area is 65.6 Å². The molecule has 0 aromatic heterocycles. The fourth-order valence-electron chi connectivity index (χ4n) is 1.44. The van der Waals surface area contributed by atoms with Crippen LogP contribution < -0.4 is 11.3 Å². The van der Waals surface area contributed by atoms with Gasteiger partial charge in [0, 0.05) is 11.5 Å². The first-order valence-corrected chi connectivity index (χ1v) is 3.51. The van der Waals surface area contributed by atoms with Gasteiger partial charge in [0.1, 0.15) is 0 Å². The van der Waals surface area contributed by atoms with Crippen LogP contribution in [0.3, 0.4) is 0 Å². The molecule has 0 spiro atoms. The fraction of sp³-hybridized carbons (Fsp3) is 0.714. The largest absolute Gasteiger partial charge is 0.271 e. The van der Waals surface area contributed by atoms with Gasteiger partial charge in [-0.3, -0.25) is 11.3 Å². The van der Waals surface area contributed by atoms with Crippen LogP contribution in [0.15, 0.2) is 0 Å². The van der Waals surface area contributed by atoms with Gasteiger partial charge < -0.3 is 0 Å². The van der Waals surface area contributed by atoms with E-state index in [1.165, 1.54) is 0 Å². The lowest BCUT2D eigenvalue weighted by Gasteiger charge is -2.42. The molecule has 0 atom stereocenters. The van der Waals surface area contributed by atoms with Crippen LogP contribution >= 0.6 is 0 Å². The van der Waals surface area contributed by atoms with Crippen LogP contribution in [0, 0.1) is 28.6 Å². The molecular formula is C7H10N4. The summed E-state index contributed by atoms with van der Waals surface area (Å²) in [5.41, 5.74) is 2.34. The molecule has 11 heavy (non-hydrogen) atoms. The Morgan fingerprint density at radius 3 is 2.55 bits per heavy atom. The lowest BCUT2D eigenvalue weighted by atomic mass is 9.68. The zero-order chi connectivity index (χ0) is 8.32. The second-order valence-electron chi connectivity index (χ2n) is 2.99. The Morgan fingerprint density at radius 1 is 1.55 bits per heavy atom. The molecule has 0 unspecified atom stereocenters. The van der Waals surface area contributed by atoms with Crippen LogP contribution in [0.2, 0.25) is 0 Å². The highest BCUT2D eigenvalue weighted by Crippen LogP contribution is 2.38. The minimum Gasteiger partial charge on any atom is -0.271 e. The first-order chi connectivity index (χ1) is 5.26. The molecule has 0 bridgehead atoms. The normalized spacial score (nSPS) is 35.0. The van der Waals surface area contributed by atoms with E-state index in [1.54, 1.807) is 0 Å². The molecule has 0 radical (unpaired) electrons. The lowest BCUT2D eigenvalue weighted by Crippen LogP contribution is -2.57. The maximum Gasteiger partial charge on any atom is 0.0657 e. The van der Waals surface area contributed by atoms with Gasteiger partial charge in [0.15, 0.2) is 0 Å². The molecule has 0 amide bonds. The van der Waals surface area contributed by atoms with E-state index in [4.69, 9.17) is 16.4 Å². The van der Waals surface area contributed by atoms with Crippen molar-refractivity contribution in [3.63, 3.8) is 0 Å². The summed E-state index contributed by atoms with van der Waals surface area (Å²) < 4.78 is 0. The average molecular weight is 150 g/mol. The van der Waals surface area contributed by atoms with Crippen molar-refractivity contribution in [3.05, 3.63) is 0 Å². The number of nitriles is 2. The molecule has 4 heteroatoms. The summed E-state index contributed by atoms with van der Waals surface area (Å²) in [5, 5.41) is 16.9. The van der Waals surface area contributed by atoms with Gasteiger partial charge in [0.25, 0.3) is 0 Å². The summed E-state index contributed by atoms with van der Waals surface area (Å²) in [6.07, 6.45) is 1.79. The van der Waals surface area contributed by atoms with E-state index < -0.39 is 0 Å². The zero-order valence-electron chi connectivity index (χ0n) is 6.17. The third kappa shape index (κ3) is 1.32. The van der Waals surface area contributed by atoms with Crippen molar-refractivity contribution >= 4 is 0 Å². The molecule has 0 saturated heterocycles. The molecule has 1 saturated carbocycles.